The second-order valence-corrected chi connectivity index (χ2v) is 7.90. The van der Waals surface area contributed by atoms with Crippen LogP contribution >= 0.6 is 27.5 Å². The van der Waals surface area contributed by atoms with E-state index in [0.29, 0.717) is 22.9 Å². The van der Waals surface area contributed by atoms with Crippen LogP contribution in [-0.2, 0) is 13.3 Å². The van der Waals surface area contributed by atoms with Crippen LogP contribution in [0.25, 0.3) is 0 Å². The molecular formula is C22H16BrClFN3O4. The van der Waals surface area contributed by atoms with Gasteiger partial charge >= 0.3 is 0 Å². The van der Waals surface area contributed by atoms with Gasteiger partial charge in [-0.25, -0.2) is 9.07 Å². The van der Waals surface area contributed by atoms with Gasteiger partial charge < -0.3 is 19.2 Å². The van der Waals surface area contributed by atoms with Gasteiger partial charge in [0.1, 0.15) is 29.7 Å². The van der Waals surface area contributed by atoms with Crippen LogP contribution in [0, 0.1) is 5.82 Å². The number of halogens is 3. The minimum absolute atomic E-state index is 0.0317. The van der Waals surface area contributed by atoms with Crippen LogP contribution in [0.3, 0.4) is 0 Å². The summed E-state index contributed by atoms with van der Waals surface area (Å²) in [4.78, 5) is 12.4. The van der Waals surface area contributed by atoms with E-state index in [1.165, 1.54) is 24.4 Å². The Hall–Kier alpha value is -3.30. The Morgan fingerprint density at radius 3 is 2.75 bits per heavy atom. The molecule has 0 radical (unpaired) electrons. The van der Waals surface area contributed by atoms with Gasteiger partial charge in [0.15, 0.2) is 12.5 Å². The van der Waals surface area contributed by atoms with Crippen LogP contribution < -0.4 is 14.8 Å². The van der Waals surface area contributed by atoms with Crippen molar-refractivity contribution in [3.05, 3.63) is 93.8 Å². The molecule has 2 heterocycles. The van der Waals surface area contributed by atoms with Gasteiger partial charge in [0, 0.05) is 4.47 Å². The van der Waals surface area contributed by atoms with Crippen LogP contribution in [-0.4, -0.2) is 15.7 Å². The first kappa shape index (κ1) is 21.9. The Morgan fingerprint density at radius 2 is 1.97 bits per heavy atom. The van der Waals surface area contributed by atoms with Crippen LogP contribution in [0.15, 0.2) is 75.9 Å². The highest BCUT2D eigenvalue weighted by atomic mass is 79.9. The first-order valence-electron chi connectivity index (χ1n) is 9.35. The molecule has 0 unspecified atom stereocenters. The molecule has 4 rings (SSSR count). The third-order valence-electron chi connectivity index (χ3n) is 4.22. The van der Waals surface area contributed by atoms with E-state index in [4.69, 9.17) is 25.5 Å². The maximum absolute atomic E-state index is 13.1. The lowest BCUT2D eigenvalue weighted by atomic mass is 10.3. The van der Waals surface area contributed by atoms with E-state index in [2.05, 4.69) is 26.3 Å². The van der Waals surface area contributed by atoms with Crippen LogP contribution in [0.5, 0.6) is 11.5 Å². The molecule has 0 aliphatic rings. The quantitative estimate of drug-likeness (QED) is 0.313. The van der Waals surface area contributed by atoms with Crippen molar-refractivity contribution in [1.82, 2.24) is 9.78 Å². The molecule has 0 bridgehead atoms. The van der Waals surface area contributed by atoms with Crippen molar-refractivity contribution in [2.45, 2.75) is 13.3 Å². The van der Waals surface area contributed by atoms with Gasteiger partial charge in [-0.05, 0) is 54.6 Å². The van der Waals surface area contributed by atoms with Crippen molar-refractivity contribution in [3.63, 3.8) is 0 Å². The van der Waals surface area contributed by atoms with Gasteiger partial charge in [-0.3, -0.25) is 4.79 Å². The summed E-state index contributed by atoms with van der Waals surface area (Å²) in [7, 11) is 0. The molecule has 4 aromatic rings. The zero-order valence-electron chi connectivity index (χ0n) is 16.4. The normalized spacial score (nSPS) is 10.7. The van der Waals surface area contributed by atoms with Crippen molar-refractivity contribution < 1.29 is 23.1 Å². The highest BCUT2D eigenvalue weighted by Gasteiger charge is 2.13. The molecule has 1 amide bonds. The summed E-state index contributed by atoms with van der Waals surface area (Å²) < 4.78 is 32.3. The number of nitrogens with one attached hydrogen (secondary N) is 1. The number of ether oxygens (including phenoxy) is 2. The zero-order valence-corrected chi connectivity index (χ0v) is 18.8. The average Bonchev–Trinajstić information content (AvgIpc) is 3.42. The molecule has 10 heteroatoms. The third-order valence-corrected chi connectivity index (χ3v) is 5.04. The van der Waals surface area contributed by atoms with Gasteiger partial charge in [0.05, 0.1) is 23.1 Å². The third kappa shape index (κ3) is 5.68. The van der Waals surface area contributed by atoms with E-state index in [1.807, 2.05) is 24.3 Å². The molecule has 1 N–H and O–H groups in total. The number of nitrogens with zero attached hydrogens (tertiary/aromatic N) is 2. The molecule has 0 saturated heterocycles. The highest BCUT2D eigenvalue weighted by molar-refractivity contribution is 9.10. The second kappa shape index (κ2) is 9.88. The summed E-state index contributed by atoms with van der Waals surface area (Å²) in [6.45, 7) is 0.218. The molecule has 2 aromatic heterocycles. The number of carbonyl (C=O) groups is 1. The molecule has 2 aromatic carbocycles. The molecule has 0 spiro atoms. The molecule has 0 aliphatic heterocycles. The number of amides is 1. The zero-order chi connectivity index (χ0) is 22.5. The number of anilines is 1. The van der Waals surface area contributed by atoms with E-state index in [1.54, 1.807) is 16.9 Å². The number of furan rings is 1. The largest absolute Gasteiger partial charge is 0.484 e. The van der Waals surface area contributed by atoms with Crippen LogP contribution in [0.2, 0.25) is 5.02 Å². The van der Waals surface area contributed by atoms with E-state index >= 15 is 0 Å². The van der Waals surface area contributed by atoms with Crippen molar-refractivity contribution >= 4 is 39.1 Å². The lowest BCUT2D eigenvalue weighted by Crippen LogP contribution is -2.10. The lowest BCUT2D eigenvalue weighted by Gasteiger charge is -2.06. The maximum atomic E-state index is 13.1. The first-order valence-corrected chi connectivity index (χ1v) is 10.5. The Bertz CT molecular complexity index is 1230. The van der Waals surface area contributed by atoms with Crippen LogP contribution in [0.4, 0.5) is 10.1 Å². The predicted molar refractivity (Wildman–Crippen MR) is 119 cm³/mol. The fourth-order valence-corrected chi connectivity index (χ4v) is 3.17. The fourth-order valence-electron chi connectivity index (χ4n) is 2.68. The van der Waals surface area contributed by atoms with Gasteiger partial charge in [-0.1, -0.05) is 27.5 Å². The fraction of sp³-hybridized carbons (Fsp3) is 0.0909. The molecule has 0 atom stereocenters. The van der Waals surface area contributed by atoms with Crippen LogP contribution in [0.1, 0.15) is 16.3 Å². The second-order valence-electron chi connectivity index (χ2n) is 6.58. The topological polar surface area (TPSA) is 78.5 Å². The number of aromatic nitrogens is 2. The van der Waals surface area contributed by atoms with Crippen molar-refractivity contribution in [3.8, 4) is 11.5 Å². The minimum Gasteiger partial charge on any atom is -0.484 e. The summed E-state index contributed by atoms with van der Waals surface area (Å²) in [6, 6.07) is 14.4. The van der Waals surface area contributed by atoms with Crippen molar-refractivity contribution in [2.24, 2.45) is 0 Å². The molecule has 164 valence electrons. The Morgan fingerprint density at radius 1 is 1.16 bits per heavy atom. The highest BCUT2D eigenvalue weighted by Crippen LogP contribution is 2.26. The first-order chi connectivity index (χ1) is 15.5. The monoisotopic (exact) mass is 519 g/mol. The lowest BCUT2D eigenvalue weighted by molar-refractivity contribution is 0.0992. The molecule has 7 nitrogen and oxygen atoms in total. The molecule has 32 heavy (non-hydrogen) atoms. The van der Waals surface area contributed by atoms with Gasteiger partial charge in [-0.2, -0.15) is 5.10 Å². The van der Waals surface area contributed by atoms with E-state index in [0.717, 1.165) is 10.5 Å². The van der Waals surface area contributed by atoms with E-state index < -0.39 is 11.7 Å². The summed E-state index contributed by atoms with van der Waals surface area (Å²) in [5.74, 6) is 0.628. The van der Waals surface area contributed by atoms with E-state index in [-0.39, 0.29) is 24.1 Å². The number of rotatable bonds is 8. The SMILES string of the molecule is O=C(Nc1cnn(COc2ccc(Br)cc2)c1)c1ccc(COc2ccc(F)cc2Cl)o1. The predicted octanol–water partition coefficient (Wildman–Crippen LogP) is 5.90. The molecule has 0 aliphatic carbocycles. The number of carbonyl (C=O) groups excluding carboxylic acids is 1. The summed E-state index contributed by atoms with van der Waals surface area (Å²) in [6.07, 6.45) is 3.15. The minimum atomic E-state index is -0.456. The Labute approximate surface area is 195 Å². The van der Waals surface area contributed by atoms with Gasteiger partial charge in [-0.15, -0.1) is 0 Å². The average molecular weight is 521 g/mol. The standard InChI is InChI=1S/C22H16BrClFN3O4/c23-14-1-4-17(5-2-14)31-13-28-11-16(10-26-28)27-22(29)21-8-6-18(32-21)12-30-20-7-3-15(25)9-19(20)24/h1-11H,12-13H2,(H,27,29). The van der Waals surface area contributed by atoms with E-state index in [9.17, 15) is 9.18 Å². The Kier molecular flexibility index (Phi) is 6.77. The maximum Gasteiger partial charge on any atom is 0.291 e. The van der Waals surface area contributed by atoms with Crippen molar-refractivity contribution in [1.29, 1.82) is 0 Å². The number of hydrogen-bond donors (Lipinski definition) is 1. The number of hydrogen-bond acceptors (Lipinski definition) is 5. The summed E-state index contributed by atoms with van der Waals surface area (Å²) in [5, 5.41) is 7.01. The summed E-state index contributed by atoms with van der Waals surface area (Å²) >= 11 is 9.30. The van der Waals surface area contributed by atoms with Crippen molar-refractivity contribution in [2.75, 3.05) is 5.32 Å². The smallest absolute Gasteiger partial charge is 0.291 e. The summed E-state index contributed by atoms with van der Waals surface area (Å²) in [5.41, 5.74) is 0.488. The molecule has 0 fully saturated rings. The van der Waals surface area contributed by atoms with Gasteiger partial charge in [0.25, 0.3) is 5.91 Å². The Balaban J connectivity index is 1.29. The molecular weight excluding hydrogens is 505 g/mol. The van der Waals surface area contributed by atoms with Gasteiger partial charge in [0.2, 0.25) is 0 Å². The number of benzene rings is 2. The molecule has 0 saturated carbocycles.